The Morgan fingerprint density at radius 2 is 1.59 bits per heavy atom. The molecule has 29 heavy (non-hydrogen) atoms. The number of sulfone groups is 1. The molecule has 6 nitrogen and oxygen atoms in total. The van der Waals surface area contributed by atoms with Crippen molar-refractivity contribution in [3.63, 3.8) is 0 Å². The topological polar surface area (TPSA) is 81.2 Å². The van der Waals surface area contributed by atoms with Gasteiger partial charge in [0.2, 0.25) is 0 Å². The van der Waals surface area contributed by atoms with E-state index < -0.39 is 16.2 Å². The van der Waals surface area contributed by atoms with Gasteiger partial charge in [0.1, 0.15) is 17.9 Å². The first-order chi connectivity index (χ1) is 13.5. The van der Waals surface area contributed by atoms with Crippen LogP contribution in [0, 0.1) is 6.92 Å². The van der Waals surface area contributed by atoms with E-state index in [1.165, 1.54) is 42.7 Å². The van der Waals surface area contributed by atoms with Crippen molar-refractivity contribution in [2.45, 2.75) is 18.2 Å². The molecule has 1 aromatic heterocycles. The van der Waals surface area contributed by atoms with E-state index in [9.17, 15) is 21.6 Å². The Balaban J connectivity index is 1.84. The van der Waals surface area contributed by atoms with Crippen LogP contribution < -0.4 is 10.1 Å². The lowest BCUT2D eigenvalue weighted by Crippen LogP contribution is -2.17. The van der Waals surface area contributed by atoms with Crippen LogP contribution in [0.3, 0.4) is 0 Å². The standard InChI is InChI=1S/C19H16F3N3O3S/c1-12-17(13-3-9-16(10-4-13)29(2,26)27)23-11-24-18(12)25-14-5-7-15(8-6-14)28-19(20,21)22/h3-11H,1-2H3,(H,23,24,25). The molecule has 1 heterocycles. The van der Waals surface area contributed by atoms with E-state index in [0.717, 1.165) is 6.26 Å². The van der Waals surface area contributed by atoms with E-state index in [1.54, 1.807) is 19.1 Å². The van der Waals surface area contributed by atoms with Crippen LogP contribution in [0.4, 0.5) is 24.7 Å². The number of rotatable bonds is 5. The summed E-state index contributed by atoms with van der Waals surface area (Å²) in [7, 11) is -3.30. The Hall–Kier alpha value is -3.14. The van der Waals surface area contributed by atoms with Crippen molar-refractivity contribution in [3.8, 4) is 17.0 Å². The lowest BCUT2D eigenvalue weighted by molar-refractivity contribution is -0.274. The predicted molar refractivity (Wildman–Crippen MR) is 102 cm³/mol. The van der Waals surface area contributed by atoms with Gasteiger partial charge in [-0.1, -0.05) is 12.1 Å². The van der Waals surface area contributed by atoms with Gasteiger partial charge in [-0.2, -0.15) is 0 Å². The van der Waals surface area contributed by atoms with Crippen LogP contribution in [0.1, 0.15) is 5.56 Å². The second-order valence-corrected chi connectivity index (χ2v) is 8.21. The van der Waals surface area contributed by atoms with Crippen LogP contribution in [0.5, 0.6) is 5.75 Å². The van der Waals surface area contributed by atoms with E-state index in [4.69, 9.17) is 0 Å². The van der Waals surface area contributed by atoms with E-state index in [2.05, 4.69) is 20.0 Å². The van der Waals surface area contributed by atoms with Gasteiger partial charge in [-0.3, -0.25) is 0 Å². The SMILES string of the molecule is Cc1c(Nc2ccc(OC(F)(F)F)cc2)ncnc1-c1ccc(S(C)(=O)=O)cc1. The highest BCUT2D eigenvalue weighted by molar-refractivity contribution is 7.90. The number of aromatic nitrogens is 2. The van der Waals surface area contributed by atoms with Gasteiger partial charge in [-0.25, -0.2) is 18.4 Å². The van der Waals surface area contributed by atoms with Crippen molar-refractivity contribution in [3.05, 3.63) is 60.4 Å². The lowest BCUT2D eigenvalue weighted by atomic mass is 10.1. The molecular formula is C19H16F3N3O3S. The van der Waals surface area contributed by atoms with E-state index in [0.29, 0.717) is 28.3 Å². The maximum atomic E-state index is 12.2. The number of hydrogen-bond donors (Lipinski definition) is 1. The number of nitrogens with one attached hydrogen (secondary N) is 1. The zero-order valence-corrected chi connectivity index (χ0v) is 16.2. The lowest BCUT2D eigenvalue weighted by Gasteiger charge is -2.13. The molecular weight excluding hydrogens is 407 g/mol. The van der Waals surface area contributed by atoms with Crippen molar-refractivity contribution >= 4 is 21.3 Å². The van der Waals surface area contributed by atoms with Crippen LogP contribution in [-0.4, -0.2) is 31.0 Å². The molecule has 2 aromatic carbocycles. The van der Waals surface area contributed by atoms with E-state index in [-0.39, 0.29) is 10.6 Å². The summed E-state index contributed by atoms with van der Waals surface area (Å²) in [5.41, 5.74) is 2.50. The van der Waals surface area contributed by atoms with Gasteiger partial charge in [0.15, 0.2) is 9.84 Å². The van der Waals surface area contributed by atoms with Crippen LogP contribution in [0.15, 0.2) is 59.8 Å². The number of alkyl halides is 3. The largest absolute Gasteiger partial charge is 0.573 e. The number of ether oxygens (including phenoxy) is 1. The first kappa shape index (κ1) is 20.6. The second kappa shape index (κ2) is 7.70. The van der Waals surface area contributed by atoms with Gasteiger partial charge in [0.05, 0.1) is 10.6 Å². The summed E-state index contributed by atoms with van der Waals surface area (Å²) in [5, 5.41) is 3.02. The molecule has 0 aliphatic rings. The fourth-order valence-electron chi connectivity index (χ4n) is 2.60. The number of hydrogen-bond acceptors (Lipinski definition) is 6. The third-order valence-corrected chi connectivity index (χ3v) is 5.12. The average Bonchev–Trinajstić information content (AvgIpc) is 2.63. The van der Waals surface area contributed by atoms with Gasteiger partial charge >= 0.3 is 6.36 Å². The number of halogens is 3. The molecule has 1 N–H and O–H groups in total. The highest BCUT2D eigenvalue weighted by atomic mass is 32.2. The normalized spacial score (nSPS) is 11.9. The number of benzene rings is 2. The fraction of sp³-hybridized carbons (Fsp3) is 0.158. The first-order valence-electron chi connectivity index (χ1n) is 8.28. The molecule has 0 atom stereocenters. The van der Waals surface area contributed by atoms with Gasteiger partial charge in [0, 0.05) is 23.1 Å². The highest BCUT2D eigenvalue weighted by Crippen LogP contribution is 2.29. The third kappa shape index (κ3) is 5.23. The molecule has 0 aliphatic carbocycles. The fourth-order valence-corrected chi connectivity index (χ4v) is 3.23. The molecule has 0 amide bonds. The molecule has 0 saturated carbocycles. The minimum atomic E-state index is -4.75. The first-order valence-corrected chi connectivity index (χ1v) is 10.2. The number of nitrogens with zero attached hydrogens (tertiary/aromatic N) is 2. The summed E-state index contributed by atoms with van der Waals surface area (Å²) < 4.78 is 63.8. The molecule has 0 spiro atoms. The van der Waals surface area contributed by atoms with E-state index >= 15 is 0 Å². The van der Waals surface area contributed by atoms with Gasteiger partial charge < -0.3 is 10.1 Å². The van der Waals surface area contributed by atoms with Crippen LogP contribution in [0.25, 0.3) is 11.3 Å². The maximum Gasteiger partial charge on any atom is 0.573 e. The van der Waals surface area contributed by atoms with Gasteiger partial charge in [0.25, 0.3) is 0 Å². The van der Waals surface area contributed by atoms with Crippen molar-refractivity contribution in [1.29, 1.82) is 0 Å². The Labute approximate surface area is 165 Å². The van der Waals surface area contributed by atoms with Crippen LogP contribution in [-0.2, 0) is 9.84 Å². The minimum Gasteiger partial charge on any atom is -0.406 e. The third-order valence-electron chi connectivity index (χ3n) is 3.99. The molecule has 0 saturated heterocycles. The molecule has 0 unspecified atom stereocenters. The molecule has 3 rings (SSSR count). The zero-order valence-electron chi connectivity index (χ0n) is 15.4. The van der Waals surface area contributed by atoms with Crippen LogP contribution >= 0.6 is 0 Å². The van der Waals surface area contributed by atoms with Crippen molar-refractivity contribution in [1.82, 2.24) is 9.97 Å². The molecule has 0 fully saturated rings. The van der Waals surface area contributed by atoms with Crippen molar-refractivity contribution < 1.29 is 26.3 Å². The second-order valence-electron chi connectivity index (χ2n) is 6.19. The molecule has 0 aliphatic heterocycles. The molecule has 0 bridgehead atoms. The average molecular weight is 423 g/mol. The zero-order chi connectivity index (χ0) is 21.2. The Bertz CT molecular complexity index is 1110. The molecule has 152 valence electrons. The predicted octanol–water partition coefficient (Wildman–Crippen LogP) is 4.50. The summed E-state index contributed by atoms with van der Waals surface area (Å²) in [6.07, 6.45) is -2.28. The van der Waals surface area contributed by atoms with Gasteiger partial charge in [-0.05, 0) is 43.3 Å². The van der Waals surface area contributed by atoms with E-state index in [1.807, 2.05) is 0 Å². The Morgan fingerprint density at radius 3 is 2.14 bits per heavy atom. The summed E-state index contributed by atoms with van der Waals surface area (Å²) >= 11 is 0. The Morgan fingerprint density at radius 1 is 0.966 bits per heavy atom. The number of anilines is 2. The van der Waals surface area contributed by atoms with Crippen molar-refractivity contribution in [2.75, 3.05) is 11.6 Å². The summed E-state index contributed by atoms with van der Waals surface area (Å²) in [4.78, 5) is 8.62. The smallest absolute Gasteiger partial charge is 0.406 e. The Kier molecular flexibility index (Phi) is 5.47. The van der Waals surface area contributed by atoms with Gasteiger partial charge in [-0.15, -0.1) is 13.2 Å². The maximum absolute atomic E-state index is 12.2. The van der Waals surface area contributed by atoms with Crippen molar-refractivity contribution in [2.24, 2.45) is 0 Å². The van der Waals surface area contributed by atoms with Crippen LogP contribution in [0.2, 0.25) is 0 Å². The molecule has 3 aromatic rings. The summed E-state index contributed by atoms with van der Waals surface area (Å²) in [6.45, 7) is 1.78. The molecule has 10 heteroatoms. The quantitative estimate of drug-likeness (QED) is 0.651. The summed E-state index contributed by atoms with van der Waals surface area (Å²) in [6, 6.07) is 11.6. The highest BCUT2D eigenvalue weighted by Gasteiger charge is 2.30. The summed E-state index contributed by atoms with van der Waals surface area (Å²) in [5.74, 6) is 0.140. The molecule has 0 radical (unpaired) electrons. The minimum absolute atomic E-state index is 0.201. The monoisotopic (exact) mass is 423 g/mol.